The molecule has 2 aromatic carbocycles. The molecule has 0 unspecified atom stereocenters. The van der Waals surface area contributed by atoms with E-state index in [4.69, 9.17) is 24.7 Å². The highest BCUT2D eigenvalue weighted by Gasteiger charge is 2.13. The number of esters is 1. The van der Waals surface area contributed by atoms with Crippen molar-refractivity contribution in [3.8, 4) is 17.2 Å². The molecule has 0 atom stereocenters. The van der Waals surface area contributed by atoms with E-state index in [0.717, 1.165) is 5.56 Å². The Balaban J connectivity index is 2.12. The quantitative estimate of drug-likeness (QED) is 0.436. The van der Waals surface area contributed by atoms with Gasteiger partial charge in [0, 0.05) is 11.8 Å². The fourth-order valence-corrected chi connectivity index (χ4v) is 2.40. The van der Waals surface area contributed by atoms with Gasteiger partial charge in [0.2, 0.25) is 0 Å². The van der Waals surface area contributed by atoms with E-state index in [2.05, 4.69) is 10.3 Å². The Morgan fingerprint density at radius 3 is 2.26 bits per heavy atom. The first-order chi connectivity index (χ1) is 13.0. The van der Waals surface area contributed by atoms with Gasteiger partial charge < -0.3 is 30.0 Å². The zero-order valence-electron chi connectivity index (χ0n) is 15.7. The first kappa shape index (κ1) is 19.9. The molecule has 0 amide bonds. The summed E-state index contributed by atoms with van der Waals surface area (Å²) in [6, 6.07) is 10.5. The normalized spacial score (nSPS) is 10.9. The molecule has 0 aliphatic heterocycles. The third-order valence-electron chi connectivity index (χ3n) is 3.76. The number of nitrogens with two attached hydrogens (primary N) is 1. The number of guanidine groups is 1. The second-order valence-corrected chi connectivity index (χ2v) is 5.42. The summed E-state index contributed by atoms with van der Waals surface area (Å²) >= 11 is 0. The number of aliphatic imine (C=N–C) groups is 1. The number of carbonyl (C=O) groups excluding carboxylic acids is 1. The van der Waals surface area contributed by atoms with E-state index in [9.17, 15) is 4.79 Å². The van der Waals surface area contributed by atoms with E-state index in [1.807, 2.05) is 0 Å². The third kappa shape index (κ3) is 5.04. The highest BCUT2D eigenvalue weighted by atomic mass is 16.5. The lowest BCUT2D eigenvalue weighted by Gasteiger charge is -2.11. The van der Waals surface area contributed by atoms with Gasteiger partial charge in [0.05, 0.1) is 35.0 Å². The van der Waals surface area contributed by atoms with E-state index >= 15 is 0 Å². The van der Waals surface area contributed by atoms with Crippen LogP contribution in [0.2, 0.25) is 0 Å². The number of rotatable bonds is 7. The van der Waals surface area contributed by atoms with Crippen LogP contribution in [0.3, 0.4) is 0 Å². The molecule has 0 aliphatic rings. The summed E-state index contributed by atoms with van der Waals surface area (Å²) in [5, 5.41) is 2.99. The Bertz CT molecular complexity index is 836. The minimum atomic E-state index is -0.478. The maximum absolute atomic E-state index is 11.8. The number of nitrogens with zero attached hydrogens (tertiary/aromatic N) is 1. The lowest BCUT2D eigenvalue weighted by molar-refractivity contribution is 0.0597. The van der Waals surface area contributed by atoms with Gasteiger partial charge in [0.1, 0.15) is 11.3 Å². The van der Waals surface area contributed by atoms with Gasteiger partial charge in [-0.25, -0.2) is 9.79 Å². The Morgan fingerprint density at radius 1 is 0.963 bits per heavy atom. The van der Waals surface area contributed by atoms with Gasteiger partial charge in [-0.05, 0) is 29.8 Å². The van der Waals surface area contributed by atoms with Gasteiger partial charge >= 0.3 is 5.97 Å². The molecular formula is C19H23N3O5. The molecule has 0 aliphatic carbocycles. The molecule has 0 saturated carbocycles. The first-order valence-corrected chi connectivity index (χ1v) is 8.06. The summed E-state index contributed by atoms with van der Waals surface area (Å²) in [7, 11) is 5.93. The van der Waals surface area contributed by atoms with Crippen molar-refractivity contribution in [3.05, 3.63) is 47.5 Å². The van der Waals surface area contributed by atoms with Crippen molar-refractivity contribution in [2.24, 2.45) is 10.7 Å². The van der Waals surface area contributed by atoms with Crippen molar-refractivity contribution < 1.29 is 23.7 Å². The van der Waals surface area contributed by atoms with Crippen molar-refractivity contribution in [2.45, 2.75) is 6.54 Å². The molecule has 0 bridgehead atoms. The largest absolute Gasteiger partial charge is 0.496 e. The van der Waals surface area contributed by atoms with E-state index in [-0.39, 0.29) is 12.5 Å². The van der Waals surface area contributed by atoms with Gasteiger partial charge in [0.15, 0.2) is 17.5 Å². The molecule has 3 N–H and O–H groups in total. The summed E-state index contributed by atoms with van der Waals surface area (Å²) in [4.78, 5) is 16.1. The standard InChI is InChI=1S/C19H23N3O5/c1-24-15-7-5-12(9-14(15)18(23)27-4)11-21-19(20)22-13-6-8-16(25-2)17(10-13)26-3/h5-10H,11H2,1-4H3,(H3,20,21,22). The molecule has 144 valence electrons. The van der Waals surface area contributed by atoms with Crippen LogP contribution in [0.15, 0.2) is 41.4 Å². The highest BCUT2D eigenvalue weighted by molar-refractivity contribution is 5.93. The molecule has 8 heteroatoms. The molecular weight excluding hydrogens is 350 g/mol. The summed E-state index contributed by atoms with van der Waals surface area (Å²) in [6.07, 6.45) is 0. The minimum Gasteiger partial charge on any atom is -0.496 e. The van der Waals surface area contributed by atoms with Crippen LogP contribution in [-0.2, 0) is 11.3 Å². The smallest absolute Gasteiger partial charge is 0.341 e. The molecule has 8 nitrogen and oxygen atoms in total. The molecule has 0 fully saturated rings. The number of hydrogen-bond donors (Lipinski definition) is 2. The van der Waals surface area contributed by atoms with Gasteiger partial charge in [-0.2, -0.15) is 0 Å². The number of carbonyl (C=O) groups is 1. The van der Waals surface area contributed by atoms with Gasteiger partial charge in [0.25, 0.3) is 0 Å². The zero-order valence-corrected chi connectivity index (χ0v) is 15.7. The fourth-order valence-electron chi connectivity index (χ4n) is 2.40. The van der Waals surface area contributed by atoms with Crippen molar-refractivity contribution in [1.82, 2.24) is 0 Å². The minimum absolute atomic E-state index is 0.220. The Hall–Kier alpha value is -3.42. The van der Waals surface area contributed by atoms with E-state index < -0.39 is 5.97 Å². The van der Waals surface area contributed by atoms with Crippen LogP contribution in [0.4, 0.5) is 5.69 Å². The topological polar surface area (TPSA) is 104 Å². The summed E-state index contributed by atoms with van der Waals surface area (Å²) < 4.78 is 20.4. The van der Waals surface area contributed by atoms with Crippen molar-refractivity contribution in [3.63, 3.8) is 0 Å². The summed E-state index contributed by atoms with van der Waals surface area (Å²) in [5.74, 6) is 1.37. The van der Waals surface area contributed by atoms with Crippen LogP contribution in [0.25, 0.3) is 0 Å². The second kappa shape index (κ2) is 9.33. The molecule has 27 heavy (non-hydrogen) atoms. The van der Waals surface area contributed by atoms with Crippen molar-refractivity contribution in [1.29, 1.82) is 0 Å². The van der Waals surface area contributed by atoms with E-state index in [1.54, 1.807) is 50.6 Å². The maximum Gasteiger partial charge on any atom is 0.341 e. The third-order valence-corrected chi connectivity index (χ3v) is 3.76. The second-order valence-electron chi connectivity index (χ2n) is 5.42. The number of benzene rings is 2. The van der Waals surface area contributed by atoms with E-state index in [0.29, 0.717) is 28.5 Å². The lowest BCUT2D eigenvalue weighted by Crippen LogP contribution is -2.22. The monoisotopic (exact) mass is 373 g/mol. The van der Waals surface area contributed by atoms with Gasteiger partial charge in [-0.15, -0.1) is 0 Å². The fraction of sp³-hybridized carbons (Fsp3) is 0.263. The highest BCUT2D eigenvalue weighted by Crippen LogP contribution is 2.29. The Kier molecular flexibility index (Phi) is 6.87. The number of nitrogens with one attached hydrogen (secondary N) is 1. The molecule has 0 heterocycles. The molecule has 0 aromatic heterocycles. The first-order valence-electron chi connectivity index (χ1n) is 8.06. The predicted molar refractivity (Wildman–Crippen MR) is 103 cm³/mol. The van der Waals surface area contributed by atoms with E-state index in [1.165, 1.54) is 14.2 Å². The molecule has 2 rings (SSSR count). The van der Waals surface area contributed by atoms with Gasteiger partial charge in [-0.1, -0.05) is 6.07 Å². The van der Waals surface area contributed by atoms with Crippen molar-refractivity contribution in [2.75, 3.05) is 33.8 Å². The van der Waals surface area contributed by atoms with Crippen LogP contribution >= 0.6 is 0 Å². The lowest BCUT2D eigenvalue weighted by atomic mass is 10.1. The number of anilines is 1. The molecule has 2 aromatic rings. The molecule has 0 radical (unpaired) electrons. The SMILES string of the molecule is COC(=O)c1cc(CN=C(N)Nc2ccc(OC)c(OC)c2)ccc1OC. The van der Waals surface area contributed by atoms with Crippen LogP contribution < -0.4 is 25.3 Å². The average Bonchev–Trinajstić information content (AvgIpc) is 2.71. The maximum atomic E-state index is 11.8. The van der Waals surface area contributed by atoms with Crippen LogP contribution in [0.1, 0.15) is 15.9 Å². The van der Waals surface area contributed by atoms with Crippen LogP contribution in [0, 0.1) is 0 Å². The predicted octanol–water partition coefficient (Wildman–Crippen LogP) is 2.43. The zero-order chi connectivity index (χ0) is 19.8. The summed E-state index contributed by atoms with van der Waals surface area (Å²) in [6.45, 7) is 0.278. The van der Waals surface area contributed by atoms with Crippen molar-refractivity contribution >= 4 is 17.6 Å². The number of methoxy groups -OCH3 is 4. The van der Waals surface area contributed by atoms with Gasteiger partial charge in [-0.3, -0.25) is 0 Å². The average molecular weight is 373 g/mol. The summed E-state index contributed by atoms with van der Waals surface area (Å²) in [5.41, 5.74) is 7.77. The molecule has 0 saturated heterocycles. The van der Waals surface area contributed by atoms with Crippen LogP contribution in [-0.4, -0.2) is 40.4 Å². The molecule has 0 spiro atoms. The van der Waals surface area contributed by atoms with Crippen LogP contribution in [0.5, 0.6) is 17.2 Å². The Labute approximate surface area is 157 Å². The Morgan fingerprint density at radius 2 is 1.63 bits per heavy atom. The number of ether oxygens (including phenoxy) is 4. The number of hydrogen-bond acceptors (Lipinski definition) is 6.